The van der Waals surface area contributed by atoms with Crippen molar-refractivity contribution in [2.45, 2.75) is 112 Å². The van der Waals surface area contributed by atoms with Gasteiger partial charge < -0.3 is 29.5 Å². The molecule has 2 aromatic heterocycles. The van der Waals surface area contributed by atoms with Gasteiger partial charge in [-0.3, -0.25) is 28.6 Å². The van der Waals surface area contributed by atoms with Crippen molar-refractivity contribution < 1.29 is 28.7 Å². The van der Waals surface area contributed by atoms with Crippen LogP contribution in [0.15, 0.2) is 53.5 Å². The largest absolute Gasteiger partial charge is 0.443 e. The molecule has 4 aromatic rings. The number of fused-ring (bicyclic) bond motifs is 2. The van der Waals surface area contributed by atoms with Gasteiger partial charge >= 0.3 is 18.0 Å². The maximum Gasteiger partial charge on any atom is 0.318 e. The van der Waals surface area contributed by atoms with Crippen LogP contribution in [0.5, 0.6) is 0 Å². The summed E-state index contributed by atoms with van der Waals surface area (Å²) in [6.07, 6.45) is 5.40. The standard InChI is InChI=1S/C48H66N8O7/c1-32-25-33(26-36-29-49-56(41(32)36)31-63-45(60)48(5,6)7)27-39(43(58)53-23-21-52(22-24-53)37-15-17-51(8)18-16-37)50-46(61)54-19-13-34(14-20-54)38-28-35-11-9-10-12-40(35)55(42(38)57)30-62-44(59)47(2,3)4/h9-12,25-26,28-29,34,37,39H,13-24,27,30-31H2,1-8H3,(H,50,61)/t39-/m1/s1. The SMILES string of the molecule is Cc1cc(C[C@@H](NC(=O)N2CCC(c3cc4ccccc4n(COC(=O)C(C)(C)C)c3=O)CC2)C(=O)N2CCN(C3CCN(C)CC3)CC2)cc2cnn(COC(=O)C(C)(C)C)c12. The number of benzene rings is 2. The van der Waals surface area contributed by atoms with Crippen molar-refractivity contribution in [2.24, 2.45) is 10.8 Å². The van der Waals surface area contributed by atoms with Crippen molar-refractivity contribution in [1.82, 2.24) is 39.3 Å². The Hall–Kier alpha value is -5.28. The molecule has 5 heterocycles. The van der Waals surface area contributed by atoms with E-state index in [0.717, 1.165) is 66.4 Å². The van der Waals surface area contributed by atoms with Crippen molar-refractivity contribution in [2.75, 3.05) is 59.4 Å². The van der Waals surface area contributed by atoms with Crippen LogP contribution in [0.4, 0.5) is 4.79 Å². The van der Waals surface area contributed by atoms with E-state index >= 15 is 0 Å². The fraction of sp³-hybridized carbons (Fsp3) is 0.583. The Balaban J connectivity index is 1.06. The van der Waals surface area contributed by atoms with Gasteiger partial charge in [-0.1, -0.05) is 24.3 Å². The zero-order chi connectivity index (χ0) is 45.2. The summed E-state index contributed by atoms with van der Waals surface area (Å²) < 4.78 is 14.4. The predicted molar refractivity (Wildman–Crippen MR) is 242 cm³/mol. The number of hydrogen-bond donors (Lipinski definition) is 1. The van der Waals surface area contributed by atoms with Gasteiger partial charge in [-0.05, 0) is 135 Å². The lowest BCUT2D eigenvalue weighted by Crippen LogP contribution is -2.59. The second-order valence-corrected chi connectivity index (χ2v) is 19.9. The second-order valence-electron chi connectivity index (χ2n) is 19.9. The number of hydrogen-bond acceptors (Lipinski definition) is 10. The van der Waals surface area contributed by atoms with Gasteiger partial charge in [-0.25, -0.2) is 9.48 Å². The van der Waals surface area contributed by atoms with Crippen LogP contribution in [-0.4, -0.2) is 129 Å². The molecule has 7 rings (SSSR count). The molecule has 15 heteroatoms. The van der Waals surface area contributed by atoms with E-state index in [4.69, 9.17) is 9.47 Å². The van der Waals surface area contributed by atoms with Crippen molar-refractivity contribution in [3.63, 3.8) is 0 Å². The first-order chi connectivity index (χ1) is 29.9. The van der Waals surface area contributed by atoms with Gasteiger partial charge in [0.1, 0.15) is 6.04 Å². The smallest absolute Gasteiger partial charge is 0.318 e. The fourth-order valence-corrected chi connectivity index (χ4v) is 9.14. The van der Waals surface area contributed by atoms with Crippen molar-refractivity contribution in [1.29, 1.82) is 0 Å². The van der Waals surface area contributed by atoms with E-state index in [2.05, 4.69) is 27.3 Å². The van der Waals surface area contributed by atoms with Crippen LogP contribution in [0.25, 0.3) is 21.8 Å². The van der Waals surface area contributed by atoms with E-state index in [1.807, 2.05) is 75.1 Å². The highest BCUT2D eigenvalue weighted by Gasteiger charge is 2.34. The minimum Gasteiger partial charge on any atom is -0.443 e. The average Bonchev–Trinajstić information content (AvgIpc) is 3.67. The summed E-state index contributed by atoms with van der Waals surface area (Å²) in [4.78, 5) is 76.5. The number of pyridine rings is 1. The number of likely N-dealkylation sites (tertiary alicyclic amines) is 2. The lowest BCUT2D eigenvalue weighted by molar-refractivity contribution is -0.157. The van der Waals surface area contributed by atoms with E-state index in [9.17, 15) is 24.0 Å². The number of esters is 2. The summed E-state index contributed by atoms with van der Waals surface area (Å²) in [7, 11) is 2.16. The van der Waals surface area contributed by atoms with Crippen molar-refractivity contribution in [3.8, 4) is 0 Å². The molecule has 0 spiro atoms. The van der Waals surface area contributed by atoms with Crippen LogP contribution in [0.2, 0.25) is 0 Å². The first-order valence-electron chi connectivity index (χ1n) is 22.6. The highest BCUT2D eigenvalue weighted by molar-refractivity contribution is 5.88. The molecular formula is C48H66N8O7. The summed E-state index contributed by atoms with van der Waals surface area (Å²) in [6, 6.07) is 12.9. The number of nitrogens with one attached hydrogen (secondary N) is 1. The van der Waals surface area contributed by atoms with E-state index in [-0.39, 0.29) is 49.3 Å². The average molecular weight is 867 g/mol. The highest BCUT2D eigenvalue weighted by atomic mass is 16.5. The second kappa shape index (κ2) is 18.8. The van der Waals surface area contributed by atoms with Crippen molar-refractivity contribution in [3.05, 3.63) is 75.7 Å². The van der Waals surface area contributed by atoms with Crippen LogP contribution in [0, 0.1) is 17.8 Å². The molecule has 0 unspecified atom stereocenters. The fourth-order valence-electron chi connectivity index (χ4n) is 9.14. The molecular weight excluding hydrogens is 801 g/mol. The van der Waals surface area contributed by atoms with Gasteiger partial charge in [0, 0.05) is 62.7 Å². The Kier molecular flexibility index (Phi) is 13.7. The third-order valence-corrected chi connectivity index (χ3v) is 13.0. The molecule has 15 nitrogen and oxygen atoms in total. The maximum absolute atomic E-state index is 14.5. The number of rotatable bonds is 10. The number of ether oxygens (including phenoxy) is 2. The topological polar surface area (TPSA) is 152 Å². The zero-order valence-electron chi connectivity index (χ0n) is 38.4. The number of carbonyl (C=O) groups is 4. The van der Waals surface area contributed by atoms with Crippen LogP contribution >= 0.6 is 0 Å². The summed E-state index contributed by atoms with van der Waals surface area (Å²) in [5.41, 5.74) is 2.40. The minimum absolute atomic E-state index is 0.0128. The Morgan fingerprint density at radius 2 is 1.41 bits per heavy atom. The Labute approximate surface area is 370 Å². The number of para-hydroxylation sites is 1. The predicted octanol–water partition coefficient (Wildman–Crippen LogP) is 5.49. The van der Waals surface area contributed by atoms with Gasteiger partial charge in [0.25, 0.3) is 5.56 Å². The van der Waals surface area contributed by atoms with E-state index in [0.29, 0.717) is 56.1 Å². The van der Waals surface area contributed by atoms with E-state index in [1.165, 1.54) is 4.57 Å². The molecule has 3 aliphatic heterocycles. The molecule has 2 aromatic carbocycles. The summed E-state index contributed by atoms with van der Waals surface area (Å²) in [5, 5.41) is 9.39. The number of urea groups is 1. The molecule has 3 amide bonds. The summed E-state index contributed by atoms with van der Waals surface area (Å²) >= 11 is 0. The lowest BCUT2D eigenvalue weighted by atomic mass is 9.89. The van der Waals surface area contributed by atoms with E-state index in [1.54, 1.807) is 36.5 Å². The van der Waals surface area contributed by atoms with Gasteiger partial charge in [0.2, 0.25) is 5.91 Å². The molecule has 3 fully saturated rings. The maximum atomic E-state index is 14.5. The van der Waals surface area contributed by atoms with Gasteiger partial charge in [-0.2, -0.15) is 5.10 Å². The van der Waals surface area contributed by atoms with Crippen LogP contribution in [0.3, 0.4) is 0 Å². The summed E-state index contributed by atoms with van der Waals surface area (Å²) in [6.45, 7) is 18.3. The highest BCUT2D eigenvalue weighted by Crippen LogP contribution is 2.29. The molecule has 3 saturated heterocycles. The Morgan fingerprint density at radius 1 is 0.778 bits per heavy atom. The number of aryl methyl sites for hydroxylation is 1. The van der Waals surface area contributed by atoms with Gasteiger partial charge in [0.15, 0.2) is 13.5 Å². The number of piperidine rings is 2. The monoisotopic (exact) mass is 867 g/mol. The van der Waals surface area contributed by atoms with Gasteiger partial charge in [0.05, 0.1) is 28.1 Å². The normalized spacial score (nSPS) is 18.2. The molecule has 0 bridgehead atoms. The quantitative estimate of drug-likeness (QED) is 0.203. The molecule has 1 N–H and O–H groups in total. The van der Waals surface area contributed by atoms with E-state index < -0.39 is 22.8 Å². The van der Waals surface area contributed by atoms with Crippen LogP contribution in [0.1, 0.15) is 89.8 Å². The third kappa shape index (κ3) is 10.6. The lowest BCUT2D eigenvalue weighted by Gasteiger charge is -2.43. The number of piperazine rings is 1. The number of amides is 3. The Morgan fingerprint density at radius 3 is 2.06 bits per heavy atom. The number of nitrogens with zero attached hydrogens (tertiary/aromatic N) is 7. The molecule has 0 radical (unpaired) electrons. The van der Waals surface area contributed by atoms with Crippen LogP contribution in [-0.2, 0) is 43.7 Å². The van der Waals surface area contributed by atoms with Crippen LogP contribution < -0.4 is 10.9 Å². The first kappa shape index (κ1) is 45.7. The molecule has 3 aliphatic rings. The molecule has 1 atom stereocenters. The molecule has 63 heavy (non-hydrogen) atoms. The molecule has 0 aliphatic carbocycles. The molecule has 0 saturated carbocycles. The number of aromatic nitrogens is 3. The van der Waals surface area contributed by atoms with Crippen molar-refractivity contribution >= 4 is 45.7 Å². The minimum atomic E-state index is -0.812. The summed E-state index contributed by atoms with van der Waals surface area (Å²) in [5.74, 6) is -0.922. The number of carbonyl (C=O) groups excluding carboxylic acids is 4. The van der Waals surface area contributed by atoms with Gasteiger partial charge in [-0.15, -0.1) is 0 Å². The Bertz CT molecular complexity index is 2370. The first-order valence-corrected chi connectivity index (χ1v) is 22.6. The molecule has 340 valence electrons. The zero-order valence-corrected chi connectivity index (χ0v) is 38.4. The third-order valence-electron chi connectivity index (χ3n) is 13.0.